The number of rotatable bonds is 8. The number of aliphatic hydroxyl groups is 1. The summed E-state index contributed by atoms with van der Waals surface area (Å²) >= 11 is 0. The summed E-state index contributed by atoms with van der Waals surface area (Å²) in [5.41, 5.74) is 5.65. The van der Waals surface area contributed by atoms with Gasteiger partial charge in [-0.15, -0.1) is 0 Å². The molecule has 0 amide bonds. The molecule has 0 aliphatic carbocycles. The van der Waals surface area contributed by atoms with Crippen molar-refractivity contribution in [2.45, 2.75) is 58.2 Å². The molecule has 3 nitrogen and oxygen atoms in total. The highest BCUT2D eigenvalue weighted by molar-refractivity contribution is 4.63. The van der Waals surface area contributed by atoms with Crippen LogP contribution >= 0.6 is 0 Å². The summed E-state index contributed by atoms with van der Waals surface area (Å²) in [4.78, 5) is 0. The largest absolute Gasteiger partial charge is 0.392 e. The van der Waals surface area contributed by atoms with E-state index in [2.05, 4.69) is 12.2 Å². The average Bonchev–Trinajstić information content (AvgIpc) is 2.14. The second kappa shape index (κ2) is 8.48. The van der Waals surface area contributed by atoms with E-state index < -0.39 is 0 Å². The van der Waals surface area contributed by atoms with Crippen molar-refractivity contribution in [3.05, 3.63) is 0 Å². The molecule has 3 heteroatoms. The normalized spacial score (nSPS) is 15.7. The quantitative estimate of drug-likeness (QED) is 0.396. The summed E-state index contributed by atoms with van der Waals surface area (Å²) in [6.45, 7) is 4.82. The Kier molecular flexibility index (Phi) is 8.40. The Morgan fingerprint density at radius 3 is 2.54 bits per heavy atom. The lowest BCUT2D eigenvalue weighted by Gasteiger charge is -2.15. The molecule has 0 rings (SSSR count). The lowest BCUT2D eigenvalue weighted by atomic mass is 10.1. The minimum Gasteiger partial charge on any atom is -0.392 e. The lowest BCUT2D eigenvalue weighted by molar-refractivity contribution is 0.153. The fraction of sp³-hybridized carbons (Fsp3) is 1.00. The Morgan fingerprint density at radius 2 is 2.00 bits per heavy atom. The number of hydrogen-bond donors (Lipinski definition) is 3. The van der Waals surface area contributed by atoms with Gasteiger partial charge in [-0.2, -0.15) is 0 Å². The van der Waals surface area contributed by atoms with Crippen LogP contribution in [-0.4, -0.2) is 23.9 Å². The third kappa shape index (κ3) is 8.22. The first-order valence-electron chi connectivity index (χ1n) is 5.37. The van der Waals surface area contributed by atoms with E-state index in [9.17, 15) is 5.11 Å². The Balaban J connectivity index is 3.24. The lowest BCUT2D eigenvalue weighted by Crippen LogP contribution is -2.41. The van der Waals surface area contributed by atoms with Crippen LogP contribution < -0.4 is 11.1 Å². The molecule has 80 valence electrons. The molecule has 0 aromatic rings. The maximum absolute atomic E-state index is 9.50. The van der Waals surface area contributed by atoms with Crippen molar-refractivity contribution in [3.63, 3.8) is 0 Å². The van der Waals surface area contributed by atoms with Gasteiger partial charge in [0.25, 0.3) is 0 Å². The van der Waals surface area contributed by atoms with Gasteiger partial charge in [0.2, 0.25) is 0 Å². The third-order valence-corrected chi connectivity index (χ3v) is 2.20. The first-order chi connectivity index (χ1) is 6.20. The fourth-order valence-corrected chi connectivity index (χ4v) is 1.16. The minimum absolute atomic E-state index is 0.0285. The summed E-state index contributed by atoms with van der Waals surface area (Å²) in [5.74, 6) is 0. The number of nitrogens with one attached hydrogen (secondary N) is 1. The zero-order chi connectivity index (χ0) is 10.1. The monoisotopic (exact) mass is 188 g/mol. The Bertz CT molecular complexity index is 109. The molecule has 0 fully saturated rings. The van der Waals surface area contributed by atoms with Gasteiger partial charge in [0.05, 0.1) is 12.3 Å². The molecule has 0 bridgehead atoms. The summed E-state index contributed by atoms with van der Waals surface area (Å²) in [6.07, 6.45) is 5.11. The second-order valence-electron chi connectivity index (χ2n) is 3.57. The molecule has 0 aromatic heterocycles. The van der Waals surface area contributed by atoms with E-state index >= 15 is 0 Å². The molecule has 0 heterocycles. The minimum atomic E-state index is -0.232. The van der Waals surface area contributed by atoms with Crippen LogP contribution in [0.15, 0.2) is 0 Å². The van der Waals surface area contributed by atoms with Crippen LogP contribution in [0.5, 0.6) is 0 Å². The molecular formula is C10H24N2O. The highest BCUT2D eigenvalue weighted by atomic mass is 16.3. The summed E-state index contributed by atoms with van der Waals surface area (Å²) in [6, 6.07) is 0. The maximum atomic E-state index is 9.50. The SMILES string of the molecule is CCCCCC(O)CNC(N)CC. The van der Waals surface area contributed by atoms with Gasteiger partial charge in [0.1, 0.15) is 0 Å². The molecule has 0 saturated heterocycles. The fourth-order valence-electron chi connectivity index (χ4n) is 1.16. The molecule has 0 spiro atoms. The topological polar surface area (TPSA) is 58.3 Å². The van der Waals surface area contributed by atoms with E-state index in [0.29, 0.717) is 6.54 Å². The van der Waals surface area contributed by atoms with Crippen molar-refractivity contribution >= 4 is 0 Å². The summed E-state index contributed by atoms with van der Waals surface area (Å²) in [7, 11) is 0. The van der Waals surface area contributed by atoms with Crippen molar-refractivity contribution in [1.29, 1.82) is 0 Å². The van der Waals surface area contributed by atoms with Gasteiger partial charge >= 0.3 is 0 Å². The number of aliphatic hydroxyl groups excluding tert-OH is 1. The average molecular weight is 188 g/mol. The molecule has 0 aliphatic heterocycles. The third-order valence-electron chi connectivity index (χ3n) is 2.20. The van der Waals surface area contributed by atoms with Crippen LogP contribution in [0.3, 0.4) is 0 Å². The second-order valence-corrected chi connectivity index (χ2v) is 3.57. The van der Waals surface area contributed by atoms with Crippen LogP contribution in [0.1, 0.15) is 46.0 Å². The van der Waals surface area contributed by atoms with Crippen molar-refractivity contribution in [2.24, 2.45) is 5.73 Å². The number of hydrogen-bond acceptors (Lipinski definition) is 3. The van der Waals surface area contributed by atoms with Crippen molar-refractivity contribution in [3.8, 4) is 0 Å². The maximum Gasteiger partial charge on any atom is 0.0665 e. The molecule has 2 atom stereocenters. The zero-order valence-corrected chi connectivity index (χ0v) is 8.92. The van der Waals surface area contributed by atoms with Crippen LogP contribution in [0.2, 0.25) is 0 Å². The van der Waals surface area contributed by atoms with Crippen LogP contribution in [0, 0.1) is 0 Å². The Labute approximate surface area is 81.7 Å². The van der Waals surface area contributed by atoms with Crippen molar-refractivity contribution in [1.82, 2.24) is 5.32 Å². The van der Waals surface area contributed by atoms with Crippen molar-refractivity contribution < 1.29 is 5.11 Å². The van der Waals surface area contributed by atoms with E-state index in [0.717, 1.165) is 19.3 Å². The Morgan fingerprint density at radius 1 is 1.31 bits per heavy atom. The zero-order valence-electron chi connectivity index (χ0n) is 8.92. The first-order valence-corrected chi connectivity index (χ1v) is 5.37. The van der Waals surface area contributed by atoms with Crippen LogP contribution in [-0.2, 0) is 0 Å². The van der Waals surface area contributed by atoms with Gasteiger partial charge in [-0.1, -0.05) is 33.1 Å². The molecule has 0 aliphatic rings. The standard InChI is InChI=1S/C10H24N2O/c1-3-5-6-7-9(13)8-12-10(11)4-2/h9-10,12-13H,3-8,11H2,1-2H3. The van der Waals surface area contributed by atoms with Gasteiger partial charge in [-0.05, 0) is 12.8 Å². The molecule has 13 heavy (non-hydrogen) atoms. The predicted octanol–water partition coefficient (Wildman–Crippen LogP) is 1.21. The van der Waals surface area contributed by atoms with E-state index in [1.807, 2.05) is 6.92 Å². The highest BCUT2D eigenvalue weighted by Crippen LogP contribution is 2.02. The summed E-state index contributed by atoms with van der Waals surface area (Å²) in [5, 5.41) is 12.6. The smallest absolute Gasteiger partial charge is 0.0665 e. The summed E-state index contributed by atoms with van der Waals surface area (Å²) < 4.78 is 0. The first kappa shape index (κ1) is 12.9. The number of nitrogens with two attached hydrogens (primary N) is 1. The van der Waals surface area contributed by atoms with E-state index in [-0.39, 0.29) is 12.3 Å². The van der Waals surface area contributed by atoms with Gasteiger partial charge < -0.3 is 10.8 Å². The van der Waals surface area contributed by atoms with E-state index in [1.165, 1.54) is 12.8 Å². The van der Waals surface area contributed by atoms with E-state index in [1.54, 1.807) is 0 Å². The molecule has 4 N–H and O–H groups in total. The van der Waals surface area contributed by atoms with Crippen LogP contribution in [0.4, 0.5) is 0 Å². The van der Waals surface area contributed by atoms with Gasteiger partial charge in [-0.25, -0.2) is 0 Å². The molecular weight excluding hydrogens is 164 g/mol. The molecule has 0 aromatic carbocycles. The molecule has 2 unspecified atom stereocenters. The number of unbranched alkanes of at least 4 members (excludes halogenated alkanes) is 2. The molecule has 0 saturated carbocycles. The molecule has 0 radical (unpaired) electrons. The van der Waals surface area contributed by atoms with Gasteiger partial charge in [0, 0.05) is 6.54 Å². The van der Waals surface area contributed by atoms with Crippen molar-refractivity contribution in [2.75, 3.05) is 6.54 Å². The van der Waals surface area contributed by atoms with E-state index in [4.69, 9.17) is 5.73 Å². The Hall–Kier alpha value is -0.120. The highest BCUT2D eigenvalue weighted by Gasteiger charge is 2.04. The van der Waals surface area contributed by atoms with Gasteiger partial charge in [0.15, 0.2) is 0 Å². The van der Waals surface area contributed by atoms with Gasteiger partial charge in [-0.3, -0.25) is 5.32 Å². The predicted molar refractivity (Wildman–Crippen MR) is 56.4 cm³/mol. The van der Waals surface area contributed by atoms with Crippen LogP contribution in [0.25, 0.3) is 0 Å².